The highest BCUT2D eigenvalue weighted by molar-refractivity contribution is 5.92. The number of carbonyl (C=O) groups excluding carboxylic acids is 2. The zero-order chi connectivity index (χ0) is 18.2. The van der Waals surface area contributed by atoms with Crippen molar-refractivity contribution in [2.75, 3.05) is 11.9 Å². The fraction of sp³-hybridized carbons (Fsp3) is 0.300. The lowest BCUT2D eigenvalue weighted by Gasteiger charge is -2.09. The van der Waals surface area contributed by atoms with Crippen LogP contribution in [0.1, 0.15) is 37.6 Å². The first-order chi connectivity index (χ1) is 12.0. The second-order valence-electron chi connectivity index (χ2n) is 6.04. The third kappa shape index (κ3) is 5.95. The first-order valence-electron chi connectivity index (χ1n) is 8.33. The molecular formula is C20H23NO4. The number of benzene rings is 2. The fourth-order valence-corrected chi connectivity index (χ4v) is 1.97. The van der Waals surface area contributed by atoms with Gasteiger partial charge in [-0.15, -0.1) is 0 Å². The van der Waals surface area contributed by atoms with E-state index in [9.17, 15) is 9.59 Å². The van der Waals surface area contributed by atoms with Crippen molar-refractivity contribution in [1.82, 2.24) is 0 Å². The van der Waals surface area contributed by atoms with Gasteiger partial charge in [0.2, 0.25) is 5.91 Å². The van der Waals surface area contributed by atoms with Crippen LogP contribution in [-0.4, -0.2) is 18.5 Å². The van der Waals surface area contributed by atoms with Crippen LogP contribution in [0.5, 0.6) is 11.5 Å². The molecule has 0 heterocycles. The highest BCUT2D eigenvalue weighted by Crippen LogP contribution is 2.19. The van der Waals surface area contributed by atoms with E-state index in [1.807, 2.05) is 0 Å². The SMILES string of the molecule is CCC(=O)Nc1ccc(OC(=O)c2ccc(OCC(C)C)cc2)cc1. The largest absolute Gasteiger partial charge is 0.493 e. The zero-order valence-corrected chi connectivity index (χ0v) is 14.7. The molecule has 0 unspecified atom stereocenters. The molecule has 2 aromatic carbocycles. The van der Waals surface area contributed by atoms with Crippen molar-refractivity contribution in [3.05, 3.63) is 54.1 Å². The van der Waals surface area contributed by atoms with Crippen LogP contribution in [0.15, 0.2) is 48.5 Å². The Bertz CT molecular complexity index is 705. The lowest BCUT2D eigenvalue weighted by Crippen LogP contribution is -2.10. The first-order valence-corrected chi connectivity index (χ1v) is 8.33. The monoisotopic (exact) mass is 341 g/mol. The second-order valence-corrected chi connectivity index (χ2v) is 6.04. The molecule has 1 N–H and O–H groups in total. The molecule has 0 bridgehead atoms. The van der Waals surface area contributed by atoms with Gasteiger partial charge >= 0.3 is 5.97 Å². The molecule has 1 amide bonds. The predicted octanol–water partition coefficient (Wildman–Crippen LogP) is 4.29. The highest BCUT2D eigenvalue weighted by Gasteiger charge is 2.09. The Hall–Kier alpha value is -2.82. The molecule has 0 aliphatic carbocycles. The normalized spacial score (nSPS) is 10.4. The van der Waals surface area contributed by atoms with Gasteiger partial charge in [-0.25, -0.2) is 4.79 Å². The summed E-state index contributed by atoms with van der Waals surface area (Å²) in [6, 6.07) is 13.5. The van der Waals surface area contributed by atoms with Crippen LogP contribution >= 0.6 is 0 Å². The second kappa shape index (κ2) is 8.87. The van der Waals surface area contributed by atoms with E-state index >= 15 is 0 Å². The summed E-state index contributed by atoms with van der Waals surface area (Å²) in [5, 5.41) is 2.74. The summed E-state index contributed by atoms with van der Waals surface area (Å²) in [5.74, 6) is 1.07. The Morgan fingerprint density at radius 1 is 0.960 bits per heavy atom. The van der Waals surface area contributed by atoms with Gasteiger partial charge in [0, 0.05) is 12.1 Å². The number of hydrogen-bond acceptors (Lipinski definition) is 4. The molecule has 0 radical (unpaired) electrons. The van der Waals surface area contributed by atoms with E-state index in [1.54, 1.807) is 55.5 Å². The van der Waals surface area contributed by atoms with Gasteiger partial charge in [-0.3, -0.25) is 4.79 Å². The maximum atomic E-state index is 12.2. The minimum atomic E-state index is -0.444. The number of ether oxygens (including phenoxy) is 2. The maximum absolute atomic E-state index is 12.2. The molecule has 0 aliphatic rings. The molecule has 5 heteroatoms. The van der Waals surface area contributed by atoms with E-state index in [0.29, 0.717) is 35.9 Å². The molecular weight excluding hydrogens is 318 g/mol. The molecule has 0 saturated carbocycles. The Kier molecular flexibility index (Phi) is 6.57. The van der Waals surface area contributed by atoms with Gasteiger partial charge in [-0.2, -0.15) is 0 Å². The van der Waals surface area contributed by atoms with Crippen LogP contribution in [0.25, 0.3) is 0 Å². The van der Waals surface area contributed by atoms with Crippen LogP contribution in [0.3, 0.4) is 0 Å². The summed E-state index contributed by atoms with van der Waals surface area (Å²) >= 11 is 0. The standard InChI is InChI=1S/C20H23NO4/c1-4-19(22)21-16-7-11-18(12-8-16)25-20(23)15-5-9-17(10-6-15)24-13-14(2)3/h5-12,14H,4,13H2,1-3H3,(H,21,22). The fourth-order valence-electron chi connectivity index (χ4n) is 1.97. The molecule has 0 aliphatic heterocycles. The van der Waals surface area contributed by atoms with Gasteiger partial charge in [0.25, 0.3) is 0 Å². The number of rotatable bonds is 7. The van der Waals surface area contributed by atoms with Gasteiger partial charge in [-0.1, -0.05) is 20.8 Å². The van der Waals surface area contributed by atoms with Crippen molar-refractivity contribution in [3.63, 3.8) is 0 Å². The van der Waals surface area contributed by atoms with Crippen LogP contribution in [-0.2, 0) is 4.79 Å². The average Bonchev–Trinajstić information content (AvgIpc) is 2.61. The molecule has 0 fully saturated rings. The van der Waals surface area contributed by atoms with E-state index in [4.69, 9.17) is 9.47 Å². The number of amides is 1. The summed E-state index contributed by atoms with van der Waals surface area (Å²) in [6.45, 7) is 6.56. The lowest BCUT2D eigenvalue weighted by molar-refractivity contribution is -0.115. The average molecular weight is 341 g/mol. The smallest absolute Gasteiger partial charge is 0.343 e. The minimum Gasteiger partial charge on any atom is -0.493 e. The molecule has 0 spiro atoms. The minimum absolute atomic E-state index is 0.0653. The molecule has 0 aromatic heterocycles. The predicted molar refractivity (Wildman–Crippen MR) is 97.1 cm³/mol. The van der Waals surface area contributed by atoms with Crippen molar-refractivity contribution in [2.24, 2.45) is 5.92 Å². The van der Waals surface area contributed by atoms with Gasteiger partial charge in [0.05, 0.1) is 12.2 Å². The zero-order valence-electron chi connectivity index (χ0n) is 14.7. The first kappa shape index (κ1) is 18.5. The van der Waals surface area contributed by atoms with Crippen molar-refractivity contribution < 1.29 is 19.1 Å². The topological polar surface area (TPSA) is 64.6 Å². The van der Waals surface area contributed by atoms with Crippen molar-refractivity contribution in [3.8, 4) is 11.5 Å². The lowest BCUT2D eigenvalue weighted by atomic mass is 10.2. The van der Waals surface area contributed by atoms with Gasteiger partial charge in [-0.05, 0) is 54.4 Å². The number of hydrogen-bond donors (Lipinski definition) is 1. The Balaban J connectivity index is 1.93. The van der Waals surface area contributed by atoms with Crippen LogP contribution in [0.4, 0.5) is 5.69 Å². The summed E-state index contributed by atoms with van der Waals surface area (Å²) in [6.07, 6.45) is 0.410. The Morgan fingerprint density at radius 3 is 2.12 bits per heavy atom. The van der Waals surface area contributed by atoms with Crippen LogP contribution in [0, 0.1) is 5.92 Å². The highest BCUT2D eigenvalue weighted by atomic mass is 16.5. The summed E-state index contributed by atoms with van der Waals surface area (Å²) < 4.78 is 10.9. The molecule has 0 saturated heterocycles. The molecule has 132 valence electrons. The number of carbonyl (C=O) groups is 2. The maximum Gasteiger partial charge on any atom is 0.343 e. The quantitative estimate of drug-likeness (QED) is 0.603. The number of anilines is 1. The molecule has 2 aromatic rings. The van der Waals surface area contributed by atoms with E-state index in [2.05, 4.69) is 19.2 Å². The van der Waals surface area contributed by atoms with Crippen molar-refractivity contribution >= 4 is 17.6 Å². The van der Waals surface area contributed by atoms with Crippen molar-refractivity contribution in [2.45, 2.75) is 27.2 Å². The Labute approximate surface area is 148 Å². The molecule has 25 heavy (non-hydrogen) atoms. The summed E-state index contributed by atoms with van der Waals surface area (Å²) in [4.78, 5) is 23.5. The Morgan fingerprint density at radius 2 is 1.56 bits per heavy atom. The van der Waals surface area contributed by atoms with Crippen LogP contribution in [0.2, 0.25) is 0 Å². The van der Waals surface area contributed by atoms with Crippen molar-refractivity contribution in [1.29, 1.82) is 0 Å². The van der Waals surface area contributed by atoms with E-state index in [1.165, 1.54) is 0 Å². The number of esters is 1. The summed E-state index contributed by atoms with van der Waals surface area (Å²) in [7, 11) is 0. The van der Waals surface area contributed by atoms with Gasteiger partial charge in [0.1, 0.15) is 11.5 Å². The van der Waals surface area contributed by atoms with Gasteiger partial charge in [0.15, 0.2) is 0 Å². The molecule has 2 rings (SSSR count). The van der Waals surface area contributed by atoms with Gasteiger partial charge < -0.3 is 14.8 Å². The van der Waals surface area contributed by atoms with E-state index in [-0.39, 0.29) is 5.91 Å². The molecule has 5 nitrogen and oxygen atoms in total. The third-order valence-corrected chi connectivity index (χ3v) is 3.34. The van der Waals surface area contributed by atoms with E-state index < -0.39 is 5.97 Å². The number of nitrogens with one attached hydrogen (secondary N) is 1. The third-order valence-electron chi connectivity index (χ3n) is 3.34. The van der Waals surface area contributed by atoms with E-state index in [0.717, 1.165) is 5.75 Å². The molecule has 0 atom stereocenters. The van der Waals surface area contributed by atoms with Crippen LogP contribution < -0.4 is 14.8 Å². The summed E-state index contributed by atoms with van der Waals surface area (Å²) in [5.41, 5.74) is 1.11.